The molecule has 29 heavy (non-hydrogen) atoms. The van der Waals surface area contributed by atoms with Gasteiger partial charge in [-0.3, -0.25) is 4.79 Å². The highest BCUT2D eigenvalue weighted by Gasteiger charge is 2.20. The number of rotatable bonds is 5. The standard InChI is InChI=1S/C24H23FO4/c1-15-20(29-22-14-17(25)11-12-19(22)23(15)26)13-10-16-6-5-9-21(27-2)24(16)28-18-7-3-4-8-18/h5-6,9-14,18H,3-4,7-8H2,1-2H3. The topological polar surface area (TPSA) is 48.7 Å². The summed E-state index contributed by atoms with van der Waals surface area (Å²) in [5.74, 6) is 1.30. The highest BCUT2D eigenvalue weighted by molar-refractivity contribution is 5.80. The van der Waals surface area contributed by atoms with E-state index in [1.54, 1.807) is 20.1 Å². The van der Waals surface area contributed by atoms with Crippen LogP contribution in [0.15, 0.2) is 45.6 Å². The van der Waals surface area contributed by atoms with Crippen LogP contribution in [0.25, 0.3) is 23.1 Å². The van der Waals surface area contributed by atoms with Gasteiger partial charge in [0.05, 0.1) is 18.6 Å². The predicted molar refractivity (Wildman–Crippen MR) is 112 cm³/mol. The molecule has 3 aromatic rings. The Kier molecular flexibility index (Phi) is 5.38. The molecular weight excluding hydrogens is 371 g/mol. The van der Waals surface area contributed by atoms with Gasteiger partial charge < -0.3 is 13.9 Å². The summed E-state index contributed by atoms with van der Waals surface area (Å²) in [6.45, 7) is 1.70. The Morgan fingerprint density at radius 2 is 1.93 bits per heavy atom. The number of hydrogen-bond donors (Lipinski definition) is 0. The van der Waals surface area contributed by atoms with E-state index in [-0.39, 0.29) is 17.1 Å². The number of hydrogen-bond acceptors (Lipinski definition) is 4. The van der Waals surface area contributed by atoms with Crippen LogP contribution in [0.3, 0.4) is 0 Å². The fraction of sp³-hybridized carbons (Fsp3) is 0.292. The van der Waals surface area contributed by atoms with E-state index in [2.05, 4.69) is 0 Å². The maximum atomic E-state index is 13.6. The van der Waals surface area contributed by atoms with Crippen molar-refractivity contribution in [1.29, 1.82) is 0 Å². The highest BCUT2D eigenvalue weighted by atomic mass is 19.1. The minimum atomic E-state index is -0.445. The van der Waals surface area contributed by atoms with Gasteiger partial charge in [-0.1, -0.05) is 12.1 Å². The van der Waals surface area contributed by atoms with Crippen molar-refractivity contribution in [1.82, 2.24) is 0 Å². The summed E-state index contributed by atoms with van der Waals surface area (Å²) in [7, 11) is 1.62. The van der Waals surface area contributed by atoms with Gasteiger partial charge in [0.1, 0.15) is 17.2 Å². The van der Waals surface area contributed by atoms with Gasteiger partial charge in [-0.2, -0.15) is 0 Å². The Morgan fingerprint density at radius 3 is 2.69 bits per heavy atom. The molecule has 1 aromatic heterocycles. The molecule has 150 valence electrons. The molecule has 0 amide bonds. The first-order valence-corrected chi connectivity index (χ1v) is 9.81. The molecule has 0 radical (unpaired) electrons. The van der Waals surface area contributed by atoms with E-state index < -0.39 is 5.82 Å². The summed E-state index contributed by atoms with van der Waals surface area (Å²) in [5, 5.41) is 0.368. The zero-order valence-corrected chi connectivity index (χ0v) is 16.5. The normalized spacial score (nSPS) is 14.7. The molecule has 1 aliphatic rings. The first-order valence-electron chi connectivity index (χ1n) is 9.81. The van der Waals surface area contributed by atoms with Crippen LogP contribution in [-0.2, 0) is 0 Å². The van der Waals surface area contributed by atoms with Crippen LogP contribution >= 0.6 is 0 Å². The summed E-state index contributed by atoms with van der Waals surface area (Å²) in [5.41, 5.74) is 1.37. The van der Waals surface area contributed by atoms with Crippen LogP contribution < -0.4 is 14.9 Å². The van der Waals surface area contributed by atoms with Crippen molar-refractivity contribution in [2.24, 2.45) is 0 Å². The molecule has 2 aromatic carbocycles. The van der Waals surface area contributed by atoms with Gasteiger partial charge in [0.2, 0.25) is 0 Å². The number of methoxy groups -OCH3 is 1. The summed E-state index contributed by atoms with van der Waals surface area (Å²) < 4.78 is 31.1. The fourth-order valence-electron chi connectivity index (χ4n) is 3.73. The molecule has 1 saturated carbocycles. The number of halogens is 1. The van der Waals surface area contributed by atoms with Gasteiger partial charge in [-0.25, -0.2) is 4.39 Å². The Labute approximate surface area is 168 Å². The third-order valence-electron chi connectivity index (χ3n) is 5.35. The molecule has 4 rings (SSSR count). The smallest absolute Gasteiger partial charge is 0.196 e. The molecule has 1 aliphatic carbocycles. The van der Waals surface area contributed by atoms with E-state index >= 15 is 0 Å². The van der Waals surface area contributed by atoms with Gasteiger partial charge in [0.15, 0.2) is 16.9 Å². The first kappa shape index (κ1) is 19.2. The van der Waals surface area contributed by atoms with Crippen molar-refractivity contribution >= 4 is 23.1 Å². The van der Waals surface area contributed by atoms with E-state index in [1.807, 2.05) is 24.3 Å². The van der Waals surface area contributed by atoms with E-state index in [4.69, 9.17) is 13.9 Å². The lowest BCUT2D eigenvalue weighted by molar-refractivity contribution is 0.200. The number of benzene rings is 2. The van der Waals surface area contributed by atoms with E-state index in [1.165, 1.54) is 31.0 Å². The van der Waals surface area contributed by atoms with Crippen molar-refractivity contribution in [3.8, 4) is 11.5 Å². The summed E-state index contributed by atoms with van der Waals surface area (Å²) in [6.07, 6.45) is 8.14. The Balaban J connectivity index is 1.74. The zero-order chi connectivity index (χ0) is 20.4. The van der Waals surface area contributed by atoms with Crippen LogP contribution in [-0.4, -0.2) is 13.2 Å². The molecule has 0 N–H and O–H groups in total. The summed E-state index contributed by atoms with van der Waals surface area (Å²) in [6, 6.07) is 9.62. The van der Waals surface area contributed by atoms with Crippen LogP contribution in [0.1, 0.15) is 42.6 Å². The van der Waals surface area contributed by atoms with Gasteiger partial charge in [0.25, 0.3) is 0 Å². The molecule has 0 spiro atoms. The minimum absolute atomic E-state index is 0.168. The number of fused-ring (bicyclic) bond motifs is 1. The fourth-order valence-corrected chi connectivity index (χ4v) is 3.73. The minimum Gasteiger partial charge on any atom is -0.493 e. The molecule has 0 bridgehead atoms. The lowest BCUT2D eigenvalue weighted by Gasteiger charge is -2.18. The molecule has 0 aliphatic heterocycles. The Bertz CT molecular complexity index is 1120. The third-order valence-corrected chi connectivity index (χ3v) is 5.35. The maximum absolute atomic E-state index is 13.6. The average molecular weight is 394 g/mol. The van der Waals surface area contributed by atoms with E-state index in [9.17, 15) is 9.18 Å². The SMILES string of the molecule is COc1cccc(C=Cc2oc3cc(F)ccc3c(=O)c2C)c1OC1CCCC1. The van der Waals surface area contributed by atoms with Crippen LogP contribution in [0.2, 0.25) is 0 Å². The van der Waals surface area contributed by atoms with Crippen molar-refractivity contribution in [3.63, 3.8) is 0 Å². The van der Waals surface area contributed by atoms with E-state index in [0.717, 1.165) is 18.4 Å². The second-order valence-electron chi connectivity index (χ2n) is 7.30. The van der Waals surface area contributed by atoms with Crippen molar-refractivity contribution in [2.45, 2.75) is 38.7 Å². The second-order valence-corrected chi connectivity index (χ2v) is 7.30. The predicted octanol–water partition coefficient (Wildman–Crippen LogP) is 5.74. The zero-order valence-electron chi connectivity index (χ0n) is 16.5. The summed E-state index contributed by atoms with van der Waals surface area (Å²) in [4.78, 5) is 12.6. The van der Waals surface area contributed by atoms with Gasteiger partial charge in [-0.15, -0.1) is 0 Å². The molecule has 1 fully saturated rings. The van der Waals surface area contributed by atoms with Gasteiger partial charge >= 0.3 is 0 Å². The first-order chi connectivity index (χ1) is 14.1. The molecule has 0 saturated heterocycles. The monoisotopic (exact) mass is 394 g/mol. The van der Waals surface area contributed by atoms with Crippen LogP contribution in [0.5, 0.6) is 11.5 Å². The maximum Gasteiger partial charge on any atom is 0.196 e. The quantitative estimate of drug-likeness (QED) is 0.554. The largest absolute Gasteiger partial charge is 0.493 e. The van der Waals surface area contributed by atoms with Gasteiger partial charge in [0, 0.05) is 17.2 Å². The number of para-hydroxylation sites is 1. The van der Waals surface area contributed by atoms with Crippen molar-refractivity contribution in [3.05, 3.63) is 69.3 Å². The van der Waals surface area contributed by atoms with Crippen LogP contribution in [0.4, 0.5) is 4.39 Å². The molecule has 1 heterocycles. The van der Waals surface area contributed by atoms with Crippen molar-refractivity contribution in [2.75, 3.05) is 7.11 Å². The van der Waals surface area contributed by atoms with Crippen molar-refractivity contribution < 1.29 is 18.3 Å². The summed E-state index contributed by atoms with van der Waals surface area (Å²) >= 11 is 0. The third kappa shape index (κ3) is 3.90. The van der Waals surface area contributed by atoms with Crippen LogP contribution in [0, 0.1) is 12.7 Å². The average Bonchev–Trinajstić information content (AvgIpc) is 3.23. The van der Waals surface area contributed by atoms with Gasteiger partial charge in [-0.05, 0) is 63.0 Å². The molecule has 0 atom stereocenters. The molecular formula is C24H23FO4. The lowest BCUT2D eigenvalue weighted by Crippen LogP contribution is -2.12. The molecule has 4 nitrogen and oxygen atoms in total. The molecule has 0 unspecified atom stereocenters. The second kappa shape index (κ2) is 8.11. The Morgan fingerprint density at radius 1 is 1.14 bits per heavy atom. The molecule has 5 heteroatoms. The Hall–Kier alpha value is -3.08. The highest BCUT2D eigenvalue weighted by Crippen LogP contribution is 2.36. The number of ether oxygens (including phenoxy) is 2. The lowest BCUT2D eigenvalue weighted by atomic mass is 10.1. The van der Waals surface area contributed by atoms with E-state index in [0.29, 0.717) is 28.2 Å².